The lowest BCUT2D eigenvalue weighted by atomic mass is 9.96. The molecule has 2 N–H and O–H groups in total. The second-order valence-corrected chi connectivity index (χ2v) is 4.89. The van der Waals surface area contributed by atoms with Crippen LogP contribution in [0.2, 0.25) is 0 Å². The first kappa shape index (κ1) is 12.4. The van der Waals surface area contributed by atoms with Crippen LogP contribution in [0.3, 0.4) is 0 Å². The summed E-state index contributed by atoms with van der Waals surface area (Å²) in [6, 6.07) is 6.35. The Balaban J connectivity index is 2.41. The van der Waals surface area contributed by atoms with Crippen LogP contribution >= 0.6 is 0 Å². The number of anilines is 1. The van der Waals surface area contributed by atoms with Gasteiger partial charge in [0.25, 0.3) is 0 Å². The van der Waals surface area contributed by atoms with Crippen LogP contribution in [0.25, 0.3) is 0 Å². The molecule has 0 amide bonds. The minimum absolute atomic E-state index is 0.0772. The topological polar surface area (TPSA) is 41.5 Å². The molecule has 1 aliphatic rings. The summed E-state index contributed by atoms with van der Waals surface area (Å²) in [5.41, 5.74) is 3.46. The normalized spacial score (nSPS) is 24.1. The molecule has 0 spiro atoms. The predicted molar refractivity (Wildman–Crippen MR) is 69.1 cm³/mol. The van der Waals surface area contributed by atoms with Gasteiger partial charge in [-0.3, -0.25) is 0 Å². The van der Waals surface area contributed by atoms with Crippen molar-refractivity contribution in [2.24, 2.45) is 0 Å². The van der Waals surface area contributed by atoms with Crippen molar-refractivity contribution in [3.8, 4) is 0 Å². The van der Waals surface area contributed by atoms with Crippen molar-refractivity contribution in [2.45, 2.75) is 45.4 Å². The quantitative estimate of drug-likeness (QED) is 0.828. The molecular formula is C14H21NO2. The van der Waals surface area contributed by atoms with E-state index in [-0.39, 0.29) is 6.10 Å². The van der Waals surface area contributed by atoms with Gasteiger partial charge in [0.1, 0.15) is 6.23 Å². The van der Waals surface area contributed by atoms with Crippen LogP contribution in [-0.4, -0.2) is 17.9 Å². The summed E-state index contributed by atoms with van der Waals surface area (Å²) in [7, 11) is 0. The number of hydrogen-bond acceptors (Lipinski definition) is 3. The van der Waals surface area contributed by atoms with Gasteiger partial charge in [0, 0.05) is 11.3 Å². The molecule has 1 heterocycles. The Morgan fingerprint density at radius 2 is 2.24 bits per heavy atom. The number of aliphatic hydroxyl groups excluding tert-OH is 1. The van der Waals surface area contributed by atoms with E-state index in [9.17, 15) is 5.11 Å². The standard InChI is InChI=1S/C14H21NO2/c1-4-13-11-7-10(9(2)3)5-6-12(11)15-14(16)8-17-13/h5-7,9,13-16H,4,8H2,1-3H3. The number of benzene rings is 1. The molecule has 1 aliphatic heterocycles. The van der Waals surface area contributed by atoms with Crippen molar-refractivity contribution in [1.82, 2.24) is 0 Å². The van der Waals surface area contributed by atoms with Crippen LogP contribution < -0.4 is 5.32 Å². The second kappa shape index (κ2) is 5.07. The van der Waals surface area contributed by atoms with Gasteiger partial charge in [0.2, 0.25) is 0 Å². The summed E-state index contributed by atoms with van der Waals surface area (Å²) in [6.07, 6.45) is 0.381. The lowest BCUT2D eigenvalue weighted by Gasteiger charge is -2.17. The van der Waals surface area contributed by atoms with Crippen molar-refractivity contribution >= 4 is 5.69 Å². The van der Waals surface area contributed by atoms with Crippen LogP contribution in [-0.2, 0) is 4.74 Å². The fourth-order valence-corrected chi connectivity index (χ4v) is 2.19. The highest BCUT2D eigenvalue weighted by atomic mass is 16.5. The summed E-state index contributed by atoms with van der Waals surface area (Å²) in [5.74, 6) is 0.506. The van der Waals surface area contributed by atoms with Gasteiger partial charge in [-0.2, -0.15) is 0 Å². The molecule has 94 valence electrons. The first-order valence-electron chi connectivity index (χ1n) is 6.31. The highest BCUT2D eigenvalue weighted by molar-refractivity contribution is 5.55. The molecule has 0 aromatic heterocycles. The van der Waals surface area contributed by atoms with E-state index in [0.29, 0.717) is 12.5 Å². The van der Waals surface area contributed by atoms with Gasteiger partial charge in [-0.15, -0.1) is 0 Å². The first-order valence-corrected chi connectivity index (χ1v) is 6.31. The van der Waals surface area contributed by atoms with Gasteiger partial charge in [-0.25, -0.2) is 0 Å². The van der Waals surface area contributed by atoms with Crippen LogP contribution in [0, 0.1) is 0 Å². The maximum absolute atomic E-state index is 9.69. The highest BCUT2D eigenvalue weighted by Crippen LogP contribution is 2.33. The molecule has 0 aliphatic carbocycles. The molecule has 3 nitrogen and oxygen atoms in total. The van der Waals surface area contributed by atoms with E-state index in [1.54, 1.807) is 0 Å². The van der Waals surface area contributed by atoms with E-state index in [4.69, 9.17) is 4.74 Å². The molecule has 3 heteroatoms. The first-order chi connectivity index (χ1) is 8.11. The highest BCUT2D eigenvalue weighted by Gasteiger charge is 2.22. The van der Waals surface area contributed by atoms with Gasteiger partial charge in [-0.05, 0) is 24.0 Å². The third-order valence-corrected chi connectivity index (χ3v) is 3.24. The van der Waals surface area contributed by atoms with Gasteiger partial charge in [-0.1, -0.05) is 32.9 Å². The molecule has 1 aromatic carbocycles. The Labute approximate surface area is 103 Å². The van der Waals surface area contributed by atoms with Gasteiger partial charge >= 0.3 is 0 Å². The van der Waals surface area contributed by atoms with Crippen LogP contribution in [0.5, 0.6) is 0 Å². The fourth-order valence-electron chi connectivity index (χ4n) is 2.19. The molecule has 0 saturated heterocycles. The van der Waals surface area contributed by atoms with E-state index >= 15 is 0 Å². The molecule has 2 atom stereocenters. The molecular weight excluding hydrogens is 214 g/mol. The number of fused-ring (bicyclic) bond motifs is 1. The largest absolute Gasteiger partial charge is 0.371 e. The van der Waals surface area contributed by atoms with Crippen LogP contribution in [0.15, 0.2) is 18.2 Å². The van der Waals surface area contributed by atoms with E-state index in [2.05, 4.69) is 38.2 Å². The molecule has 17 heavy (non-hydrogen) atoms. The Bertz CT molecular complexity index is 390. The monoisotopic (exact) mass is 235 g/mol. The second-order valence-electron chi connectivity index (χ2n) is 4.89. The summed E-state index contributed by atoms with van der Waals surface area (Å²) >= 11 is 0. The van der Waals surface area contributed by atoms with Crippen molar-refractivity contribution in [3.05, 3.63) is 29.3 Å². The van der Waals surface area contributed by atoms with Gasteiger partial charge in [0.05, 0.1) is 12.7 Å². The lowest BCUT2D eigenvalue weighted by Crippen LogP contribution is -2.22. The van der Waals surface area contributed by atoms with Crippen molar-refractivity contribution < 1.29 is 9.84 Å². The van der Waals surface area contributed by atoms with Gasteiger partial charge < -0.3 is 15.2 Å². The Morgan fingerprint density at radius 3 is 2.88 bits per heavy atom. The van der Waals surface area contributed by atoms with Gasteiger partial charge in [0.15, 0.2) is 0 Å². The third-order valence-electron chi connectivity index (χ3n) is 3.24. The molecule has 2 unspecified atom stereocenters. The molecule has 0 saturated carbocycles. The summed E-state index contributed by atoms with van der Waals surface area (Å²) in [5, 5.41) is 12.8. The zero-order valence-electron chi connectivity index (χ0n) is 10.7. The molecule has 0 radical (unpaired) electrons. The summed E-state index contributed by atoms with van der Waals surface area (Å²) in [4.78, 5) is 0. The minimum Gasteiger partial charge on any atom is -0.371 e. The van der Waals surface area contributed by atoms with Crippen molar-refractivity contribution in [3.63, 3.8) is 0 Å². The van der Waals surface area contributed by atoms with E-state index in [0.717, 1.165) is 17.7 Å². The van der Waals surface area contributed by atoms with E-state index in [1.807, 2.05) is 6.07 Å². The molecule has 2 rings (SSSR count). The lowest BCUT2D eigenvalue weighted by molar-refractivity contribution is 0.00357. The third kappa shape index (κ3) is 2.61. The Morgan fingerprint density at radius 1 is 1.47 bits per heavy atom. The fraction of sp³-hybridized carbons (Fsp3) is 0.571. The Hall–Kier alpha value is -1.06. The van der Waals surface area contributed by atoms with Crippen molar-refractivity contribution in [2.75, 3.05) is 11.9 Å². The number of ether oxygens (including phenoxy) is 1. The molecule has 0 bridgehead atoms. The van der Waals surface area contributed by atoms with E-state index < -0.39 is 6.23 Å². The minimum atomic E-state index is -0.616. The summed E-state index contributed by atoms with van der Waals surface area (Å²) < 4.78 is 5.71. The number of nitrogens with one attached hydrogen (secondary N) is 1. The summed E-state index contributed by atoms with van der Waals surface area (Å²) in [6.45, 7) is 6.81. The van der Waals surface area contributed by atoms with E-state index in [1.165, 1.54) is 5.56 Å². The number of aliphatic hydroxyl groups is 1. The zero-order valence-corrected chi connectivity index (χ0v) is 10.7. The average molecular weight is 235 g/mol. The smallest absolute Gasteiger partial charge is 0.148 e. The van der Waals surface area contributed by atoms with Crippen LogP contribution in [0.4, 0.5) is 5.69 Å². The zero-order chi connectivity index (χ0) is 12.4. The maximum atomic E-state index is 9.69. The predicted octanol–water partition coefficient (Wildman–Crippen LogP) is 3.02. The average Bonchev–Trinajstić information content (AvgIpc) is 2.46. The van der Waals surface area contributed by atoms with Crippen molar-refractivity contribution in [1.29, 1.82) is 0 Å². The molecule has 1 aromatic rings. The molecule has 0 fully saturated rings. The SMILES string of the molecule is CCC1OCC(O)Nc2ccc(C(C)C)cc21. The Kier molecular flexibility index (Phi) is 3.69. The number of hydrogen-bond donors (Lipinski definition) is 2. The maximum Gasteiger partial charge on any atom is 0.148 e. The van der Waals surface area contributed by atoms with Crippen LogP contribution in [0.1, 0.15) is 50.3 Å². The number of rotatable bonds is 2.